The molecule has 1 aromatic rings. The maximum absolute atomic E-state index is 13.5. The normalized spacial score (nSPS) is 14.2. The Kier molecular flexibility index (Phi) is 15.8. The first-order valence-electron chi connectivity index (χ1n) is 14.4. The van der Waals surface area contributed by atoms with E-state index in [0.717, 1.165) is 0 Å². The predicted octanol–water partition coefficient (Wildman–Crippen LogP) is -2.04. The van der Waals surface area contributed by atoms with Crippen LogP contribution < -0.4 is 32.3 Å². The summed E-state index contributed by atoms with van der Waals surface area (Å²) in [6.07, 6.45) is -2.06. The Labute approximate surface area is 265 Å². The van der Waals surface area contributed by atoms with E-state index >= 15 is 0 Å². The van der Waals surface area contributed by atoms with E-state index < -0.39 is 109 Å². The lowest BCUT2D eigenvalue weighted by molar-refractivity contribution is -0.144. The van der Waals surface area contributed by atoms with Crippen molar-refractivity contribution in [3.8, 4) is 0 Å². The molecule has 0 aliphatic heterocycles. The van der Waals surface area contributed by atoms with E-state index in [9.17, 15) is 53.7 Å². The Balaban J connectivity index is 3.35. The average Bonchev–Trinajstić information content (AvgIpc) is 2.96. The van der Waals surface area contributed by atoms with Crippen LogP contribution in [0.2, 0.25) is 0 Å². The first-order valence-corrected chi connectivity index (χ1v) is 14.4. The number of amides is 5. The fourth-order valence-corrected chi connectivity index (χ4v) is 4.17. The van der Waals surface area contributed by atoms with Gasteiger partial charge < -0.3 is 47.6 Å². The van der Waals surface area contributed by atoms with Crippen LogP contribution in [-0.4, -0.2) is 99.5 Å². The molecule has 1 aromatic carbocycles. The van der Waals surface area contributed by atoms with Crippen LogP contribution in [0, 0.1) is 11.8 Å². The molecule has 0 heterocycles. The largest absolute Gasteiger partial charge is 0.481 e. The molecule has 0 unspecified atom stereocenters. The van der Waals surface area contributed by atoms with Crippen molar-refractivity contribution >= 4 is 47.4 Å². The smallest absolute Gasteiger partial charge is 0.326 e. The Hall–Kier alpha value is -5.06. The number of nitrogens with two attached hydrogens (primary N) is 1. The second kappa shape index (κ2) is 18.7. The number of carbonyl (C=O) groups is 8. The zero-order valence-electron chi connectivity index (χ0n) is 25.9. The van der Waals surface area contributed by atoms with Gasteiger partial charge in [0.2, 0.25) is 29.5 Å². The Morgan fingerprint density at radius 3 is 1.48 bits per heavy atom. The van der Waals surface area contributed by atoms with Crippen LogP contribution in [0.15, 0.2) is 30.3 Å². The number of aliphatic carboxylic acids is 3. The van der Waals surface area contributed by atoms with E-state index in [1.807, 2.05) is 0 Å². The summed E-state index contributed by atoms with van der Waals surface area (Å²) in [4.78, 5) is 99.3. The van der Waals surface area contributed by atoms with E-state index in [-0.39, 0.29) is 6.42 Å². The van der Waals surface area contributed by atoms with Gasteiger partial charge in [0.05, 0.1) is 19.4 Å². The van der Waals surface area contributed by atoms with Gasteiger partial charge in [0.1, 0.15) is 30.2 Å². The molecule has 0 saturated carbocycles. The van der Waals surface area contributed by atoms with Crippen LogP contribution in [0.25, 0.3) is 0 Å². The average molecular weight is 651 g/mol. The van der Waals surface area contributed by atoms with Crippen LogP contribution >= 0.6 is 0 Å². The van der Waals surface area contributed by atoms with Crippen molar-refractivity contribution in [2.24, 2.45) is 17.6 Å². The molecule has 10 N–H and O–H groups in total. The Bertz CT molecular complexity index is 1270. The standard InChI is InChI=1S/C29H42N6O11/c1-14(2)23(34-20(36)13-30)28(44)33-18(11-21(37)38)26(42)31-17(10-16-8-6-5-7-9-16)25(41)32-19(12-22(39)40)27(43)35-24(15(3)4)29(45)46/h5-9,14-15,17-19,23-24H,10-13,30H2,1-4H3,(H,31,42)(H,32,41)(H,33,44)(H,34,36)(H,35,43)(H,37,38)(H,39,40)(H,45,46)/t17-,18-,19-,23-,24-/m0/s1. The lowest BCUT2D eigenvalue weighted by atomic mass is 10.0. The highest BCUT2D eigenvalue weighted by Gasteiger charge is 2.35. The fourth-order valence-electron chi connectivity index (χ4n) is 4.17. The number of hydrogen-bond donors (Lipinski definition) is 9. The molecule has 5 amide bonds. The summed E-state index contributed by atoms with van der Waals surface area (Å²) in [6.45, 7) is 5.78. The van der Waals surface area contributed by atoms with E-state index in [1.165, 1.54) is 13.8 Å². The van der Waals surface area contributed by atoms with Gasteiger partial charge in [0, 0.05) is 6.42 Å². The quantitative estimate of drug-likeness (QED) is 0.0783. The van der Waals surface area contributed by atoms with Gasteiger partial charge in [0.15, 0.2) is 0 Å². The second-order valence-electron chi connectivity index (χ2n) is 11.1. The van der Waals surface area contributed by atoms with Gasteiger partial charge in [-0.15, -0.1) is 0 Å². The SMILES string of the molecule is CC(C)[C@H](NC(=O)[C@H](CC(=O)O)NC(=O)[C@H](Cc1ccccc1)NC(=O)[C@H](CC(=O)O)NC(=O)[C@@H](NC(=O)CN)C(C)C)C(=O)O. The molecule has 0 saturated heterocycles. The summed E-state index contributed by atoms with van der Waals surface area (Å²) >= 11 is 0. The van der Waals surface area contributed by atoms with Crippen molar-refractivity contribution in [2.45, 2.75) is 77.2 Å². The topological polar surface area (TPSA) is 283 Å². The van der Waals surface area contributed by atoms with Gasteiger partial charge in [0.25, 0.3) is 0 Å². The third kappa shape index (κ3) is 13.3. The van der Waals surface area contributed by atoms with Crippen LogP contribution in [0.5, 0.6) is 0 Å². The number of carboxylic acid groups (broad SMARTS) is 3. The molecule has 0 fully saturated rings. The monoisotopic (exact) mass is 650 g/mol. The third-order valence-corrected chi connectivity index (χ3v) is 6.62. The third-order valence-electron chi connectivity index (χ3n) is 6.62. The minimum Gasteiger partial charge on any atom is -0.481 e. The second-order valence-corrected chi connectivity index (χ2v) is 11.1. The molecule has 17 nitrogen and oxygen atoms in total. The summed E-state index contributed by atoms with van der Waals surface area (Å²) in [6, 6.07) is 0.594. The Morgan fingerprint density at radius 1 is 0.609 bits per heavy atom. The minimum atomic E-state index is -1.76. The lowest BCUT2D eigenvalue weighted by Gasteiger charge is -2.27. The molecule has 46 heavy (non-hydrogen) atoms. The Morgan fingerprint density at radius 2 is 1.04 bits per heavy atom. The van der Waals surface area contributed by atoms with Gasteiger partial charge in [-0.25, -0.2) is 4.79 Å². The van der Waals surface area contributed by atoms with Gasteiger partial charge in [-0.3, -0.25) is 33.6 Å². The van der Waals surface area contributed by atoms with E-state index in [2.05, 4.69) is 26.6 Å². The molecule has 0 aromatic heterocycles. The maximum atomic E-state index is 13.5. The van der Waals surface area contributed by atoms with Crippen molar-refractivity contribution in [1.82, 2.24) is 26.6 Å². The molecule has 0 radical (unpaired) electrons. The van der Waals surface area contributed by atoms with Crippen LogP contribution in [-0.2, 0) is 44.8 Å². The predicted molar refractivity (Wildman–Crippen MR) is 161 cm³/mol. The number of hydrogen-bond acceptors (Lipinski definition) is 9. The fraction of sp³-hybridized carbons (Fsp3) is 0.517. The van der Waals surface area contributed by atoms with Crippen molar-refractivity contribution in [3.05, 3.63) is 35.9 Å². The zero-order valence-corrected chi connectivity index (χ0v) is 25.9. The van der Waals surface area contributed by atoms with E-state index in [0.29, 0.717) is 5.56 Å². The molecule has 0 spiro atoms. The highest BCUT2D eigenvalue weighted by molar-refractivity contribution is 5.98. The summed E-state index contributed by atoms with van der Waals surface area (Å²) in [7, 11) is 0. The van der Waals surface area contributed by atoms with Gasteiger partial charge >= 0.3 is 17.9 Å². The number of carboxylic acids is 3. The van der Waals surface area contributed by atoms with Crippen LogP contribution in [0.1, 0.15) is 46.1 Å². The number of nitrogens with one attached hydrogen (secondary N) is 5. The molecular weight excluding hydrogens is 608 g/mol. The van der Waals surface area contributed by atoms with Crippen molar-refractivity contribution in [1.29, 1.82) is 0 Å². The number of rotatable bonds is 19. The van der Waals surface area contributed by atoms with E-state index in [1.54, 1.807) is 44.2 Å². The van der Waals surface area contributed by atoms with Gasteiger partial charge in [-0.05, 0) is 17.4 Å². The molecule has 17 heteroatoms. The first kappa shape index (κ1) is 39.0. The van der Waals surface area contributed by atoms with Crippen LogP contribution in [0.3, 0.4) is 0 Å². The lowest BCUT2D eigenvalue weighted by Crippen LogP contribution is -2.60. The van der Waals surface area contributed by atoms with Gasteiger partial charge in [-0.2, -0.15) is 0 Å². The highest BCUT2D eigenvalue weighted by Crippen LogP contribution is 2.09. The summed E-state index contributed by atoms with van der Waals surface area (Å²) in [5, 5.41) is 39.7. The molecule has 0 bridgehead atoms. The van der Waals surface area contributed by atoms with E-state index in [4.69, 9.17) is 5.73 Å². The minimum absolute atomic E-state index is 0.210. The van der Waals surface area contributed by atoms with Crippen LogP contribution in [0.4, 0.5) is 0 Å². The highest BCUT2D eigenvalue weighted by atomic mass is 16.4. The van der Waals surface area contributed by atoms with Crippen molar-refractivity contribution in [3.63, 3.8) is 0 Å². The zero-order chi connectivity index (χ0) is 35.1. The number of carbonyl (C=O) groups excluding carboxylic acids is 5. The van der Waals surface area contributed by atoms with Gasteiger partial charge in [-0.1, -0.05) is 58.0 Å². The first-order chi connectivity index (χ1) is 21.5. The number of benzene rings is 1. The molecular formula is C29H42N6O11. The summed E-state index contributed by atoms with van der Waals surface area (Å²) < 4.78 is 0. The molecule has 254 valence electrons. The van der Waals surface area contributed by atoms with Crippen molar-refractivity contribution in [2.75, 3.05) is 6.54 Å². The molecule has 0 aliphatic rings. The summed E-state index contributed by atoms with van der Waals surface area (Å²) in [5.41, 5.74) is 5.82. The molecule has 5 atom stereocenters. The van der Waals surface area contributed by atoms with Crippen molar-refractivity contribution < 1.29 is 53.7 Å². The molecule has 1 rings (SSSR count). The summed E-state index contributed by atoms with van der Waals surface area (Å²) in [5.74, 6) is -10.3. The molecule has 0 aliphatic carbocycles. The maximum Gasteiger partial charge on any atom is 0.326 e.